The zero-order valence-electron chi connectivity index (χ0n) is 9.22. The van der Waals surface area contributed by atoms with Gasteiger partial charge in [-0.2, -0.15) is 0 Å². The molecule has 0 saturated heterocycles. The summed E-state index contributed by atoms with van der Waals surface area (Å²) >= 11 is 0. The van der Waals surface area contributed by atoms with Gasteiger partial charge in [-0.3, -0.25) is 0 Å². The van der Waals surface area contributed by atoms with Crippen molar-refractivity contribution in [1.29, 1.82) is 0 Å². The molecular formula is C12H11FN2O2. The second kappa shape index (κ2) is 4.37. The summed E-state index contributed by atoms with van der Waals surface area (Å²) < 4.78 is 14.9. The highest BCUT2D eigenvalue weighted by molar-refractivity contribution is 5.88. The molecule has 0 radical (unpaired) electrons. The first-order valence-electron chi connectivity index (χ1n) is 5.17. The summed E-state index contributed by atoms with van der Waals surface area (Å²) in [7, 11) is 0. The first kappa shape index (κ1) is 11.3. The molecule has 1 aromatic heterocycles. The Kier molecular flexibility index (Phi) is 2.91. The minimum Gasteiger partial charge on any atom is -0.478 e. The molecule has 0 atom stereocenters. The van der Waals surface area contributed by atoms with Gasteiger partial charge in [-0.25, -0.2) is 14.2 Å². The third-order valence-electron chi connectivity index (χ3n) is 2.43. The van der Waals surface area contributed by atoms with Crippen molar-refractivity contribution in [1.82, 2.24) is 9.55 Å². The lowest BCUT2D eigenvalue weighted by molar-refractivity contribution is 0.0696. The van der Waals surface area contributed by atoms with Crippen LogP contribution in [-0.2, 0) is 6.42 Å². The molecule has 0 amide bonds. The van der Waals surface area contributed by atoms with E-state index in [4.69, 9.17) is 5.11 Å². The second-order valence-electron chi connectivity index (χ2n) is 3.63. The van der Waals surface area contributed by atoms with Gasteiger partial charge in [-0.15, -0.1) is 0 Å². The SMILES string of the molecule is CCc1cn(-c2cc(F)cc(C(=O)O)c2)cn1. The van der Waals surface area contributed by atoms with Crippen molar-refractivity contribution in [2.45, 2.75) is 13.3 Å². The second-order valence-corrected chi connectivity index (χ2v) is 3.63. The van der Waals surface area contributed by atoms with Gasteiger partial charge in [0.05, 0.1) is 23.3 Å². The predicted octanol–water partition coefficient (Wildman–Crippen LogP) is 2.27. The highest BCUT2D eigenvalue weighted by Crippen LogP contribution is 2.14. The van der Waals surface area contributed by atoms with Crippen molar-refractivity contribution < 1.29 is 14.3 Å². The number of carboxylic acid groups (broad SMARTS) is 1. The first-order valence-corrected chi connectivity index (χ1v) is 5.17. The van der Waals surface area contributed by atoms with Gasteiger partial charge in [0.1, 0.15) is 5.82 Å². The Morgan fingerprint density at radius 1 is 1.47 bits per heavy atom. The van der Waals surface area contributed by atoms with Crippen molar-refractivity contribution in [2.75, 3.05) is 0 Å². The summed E-state index contributed by atoms with van der Waals surface area (Å²) in [5, 5.41) is 8.84. The van der Waals surface area contributed by atoms with Gasteiger partial charge in [0.2, 0.25) is 0 Å². The van der Waals surface area contributed by atoms with Gasteiger partial charge in [0, 0.05) is 6.20 Å². The Morgan fingerprint density at radius 2 is 2.24 bits per heavy atom. The van der Waals surface area contributed by atoms with Crippen LogP contribution < -0.4 is 0 Å². The van der Waals surface area contributed by atoms with Crippen LogP contribution in [0.2, 0.25) is 0 Å². The average Bonchev–Trinajstić information content (AvgIpc) is 2.76. The number of nitrogens with zero attached hydrogens (tertiary/aromatic N) is 2. The number of hydrogen-bond acceptors (Lipinski definition) is 2. The van der Waals surface area contributed by atoms with Gasteiger partial charge in [-0.1, -0.05) is 6.92 Å². The Hall–Kier alpha value is -2.17. The normalized spacial score (nSPS) is 10.5. The van der Waals surface area contributed by atoms with E-state index in [1.165, 1.54) is 12.1 Å². The summed E-state index contributed by atoms with van der Waals surface area (Å²) in [5.41, 5.74) is 1.24. The molecule has 88 valence electrons. The molecule has 0 aliphatic heterocycles. The molecule has 0 bridgehead atoms. The minimum absolute atomic E-state index is 0.0771. The van der Waals surface area contributed by atoms with E-state index < -0.39 is 11.8 Å². The maximum Gasteiger partial charge on any atom is 0.335 e. The number of halogens is 1. The third-order valence-corrected chi connectivity index (χ3v) is 2.43. The monoisotopic (exact) mass is 234 g/mol. The van der Waals surface area contributed by atoms with Crippen LogP contribution in [0.3, 0.4) is 0 Å². The maximum absolute atomic E-state index is 13.3. The van der Waals surface area contributed by atoms with Gasteiger partial charge in [0.15, 0.2) is 0 Å². The number of carbonyl (C=O) groups is 1. The molecule has 0 aliphatic carbocycles. The van der Waals surface area contributed by atoms with Gasteiger partial charge >= 0.3 is 5.97 Å². The van der Waals surface area contributed by atoms with Crippen molar-refractivity contribution in [3.63, 3.8) is 0 Å². The largest absolute Gasteiger partial charge is 0.478 e. The molecule has 2 aromatic rings. The van der Waals surface area contributed by atoms with Crippen molar-refractivity contribution in [2.24, 2.45) is 0 Å². The lowest BCUT2D eigenvalue weighted by Gasteiger charge is -2.03. The van der Waals surface area contributed by atoms with Crippen LogP contribution in [-0.4, -0.2) is 20.6 Å². The number of carboxylic acids is 1. The van der Waals surface area contributed by atoms with Crippen LogP contribution >= 0.6 is 0 Å². The molecule has 5 heteroatoms. The average molecular weight is 234 g/mol. The molecular weight excluding hydrogens is 223 g/mol. The molecule has 1 heterocycles. The molecule has 2 rings (SSSR count). The predicted molar refractivity (Wildman–Crippen MR) is 59.9 cm³/mol. The molecule has 0 aliphatic rings. The number of rotatable bonds is 3. The van der Waals surface area contributed by atoms with E-state index in [2.05, 4.69) is 4.98 Å². The van der Waals surface area contributed by atoms with E-state index in [0.717, 1.165) is 18.2 Å². The van der Waals surface area contributed by atoms with E-state index >= 15 is 0 Å². The topological polar surface area (TPSA) is 55.1 Å². The van der Waals surface area contributed by atoms with Gasteiger partial charge < -0.3 is 9.67 Å². The zero-order chi connectivity index (χ0) is 12.4. The van der Waals surface area contributed by atoms with Crippen molar-refractivity contribution in [3.8, 4) is 5.69 Å². The fourth-order valence-corrected chi connectivity index (χ4v) is 1.53. The summed E-state index contributed by atoms with van der Waals surface area (Å²) in [6.07, 6.45) is 4.06. The van der Waals surface area contributed by atoms with E-state index in [1.54, 1.807) is 17.1 Å². The summed E-state index contributed by atoms with van der Waals surface area (Å²) in [4.78, 5) is 14.9. The molecule has 4 nitrogen and oxygen atoms in total. The van der Waals surface area contributed by atoms with Crippen LogP contribution in [0.4, 0.5) is 4.39 Å². The van der Waals surface area contributed by atoms with Crippen LogP contribution in [0.1, 0.15) is 23.0 Å². The van der Waals surface area contributed by atoms with Crippen LogP contribution in [0.15, 0.2) is 30.7 Å². The maximum atomic E-state index is 13.3. The molecule has 1 N–H and O–H groups in total. The standard InChI is InChI=1S/C12H11FN2O2/c1-2-10-6-15(7-14-10)11-4-8(12(16)17)3-9(13)5-11/h3-7H,2H2,1H3,(H,16,17). The number of hydrogen-bond donors (Lipinski definition) is 1. The van der Waals surface area contributed by atoms with Crippen LogP contribution in [0, 0.1) is 5.82 Å². The highest BCUT2D eigenvalue weighted by Gasteiger charge is 2.08. The van der Waals surface area contributed by atoms with Gasteiger partial charge in [0.25, 0.3) is 0 Å². The molecule has 0 unspecified atom stereocenters. The third kappa shape index (κ3) is 2.33. The van der Waals surface area contributed by atoms with Crippen molar-refractivity contribution in [3.05, 3.63) is 47.8 Å². The van der Waals surface area contributed by atoms with E-state index in [9.17, 15) is 9.18 Å². The first-order chi connectivity index (χ1) is 8.10. The molecule has 0 saturated carbocycles. The van der Waals surface area contributed by atoms with E-state index in [0.29, 0.717) is 5.69 Å². The fourth-order valence-electron chi connectivity index (χ4n) is 1.53. The zero-order valence-corrected chi connectivity index (χ0v) is 9.22. The number of aromatic nitrogens is 2. The summed E-state index contributed by atoms with van der Waals surface area (Å²) in [6, 6.07) is 3.67. The van der Waals surface area contributed by atoms with Crippen LogP contribution in [0.25, 0.3) is 5.69 Å². The van der Waals surface area contributed by atoms with Crippen LogP contribution in [0.5, 0.6) is 0 Å². The summed E-state index contributed by atoms with van der Waals surface area (Å²) in [5.74, 6) is -1.73. The quantitative estimate of drug-likeness (QED) is 0.886. The molecule has 0 spiro atoms. The molecule has 1 aromatic carbocycles. The van der Waals surface area contributed by atoms with E-state index in [1.807, 2.05) is 6.92 Å². The Labute approximate surface area is 97.3 Å². The Morgan fingerprint density at radius 3 is 2.82 bits per heavy atom. The lowest BCUT2D eigenvalue weighted by atomic mass is 10.2. The number of imidazole rings is 1. The number of aryl methyl sites for hydroxylation is 1. The fraction of sp³-hybridized carbons (Fsp3) is 0.167. The van der Waals surface area contributed by atoms with E-state index in [-0.39, 0.29) is 5.56 Å². The van der Waals surface area contributed by atoms with Crippen molar-refractivity contribution >= 4 is 5.97 Å². The Bertz CT molecular complexity index is 563. The highest BCUT2D eigenvalue weighted by atomic mass is 19.1. The van der Waals surface area contributed by atoms with Gasteiger partial charge in [-0.05, 0) is 24.6 Å². The molecule has 0 fully saturated rings. The lowest BCUT2D eigenvalue weighted by Crippen LogP contribution is -2.00. The molecule has 17 heavy (non-hydrogen) atoms. The number of benzene rings is 1. The summed E-state index contributed by atoms with van der Waals surface area (Å²) in [6.45, 7) is 1.96. The Balaban J connectivity index is 2.47. The minimum atomic E-state index is -1.15. The smallest absolute Gasteiger partial charge is 0.335 e. The number of aromatic carboxylic acids is 1.